The number of H-pyrrole nitrogens is 1. The molecular weight excluding hydrogens is 344 g/mol. The summed E-state index contributed by atoms with van der Waals surface area (Å²) in [6.45, 7) is 5.90. The Bertz CT molecular complexity index is 883. The van der Waals surface area contributed by atoms with Gasteiger partial charge in [0.1, 0.15) is 0 Å². The van der Waals surface area contributed by atoms with Gasteiger partial charge in [0.15, 0.2) is 5.69 Å². The van der Waals surface area contributed by atoms with Crippen LogP contribution in [0.1, 0.15) is 23.0 Å². The fraction of sp³-hybridized carbons (Fsp3) is 0.176. The molecule has 22 heavy (non-hydrogen) atoms. The molecule has 2 aromatic heterocycles. The van der Waals surface area contributed by atoms with Gasteiger partial charge in [0.2, 0.25) is 0 Å². The van der Waals surface area contributed by atoms with Crippen molar-refractivity contribution < 1.29 is 9.53 Å². The lowest BCUT2D eigenvalue weighted by atomic mass is 10.0. The average Bonchev–Trinajstić information content (AvgIpc) is 2.86. The molecule has 0 fully saturated rings. The van der Waals surface area contributed by atoms with E-state index in [4.69, 9.17) is 4.74 Å². The van der Waals surface area contributed by atoms with Gasteiger partial charge in [-0.1, -0.05) is 22.0 Å². The number of rotatable bonds is 4. The van der Waals surface area contributed by atoms with Crippen LogP contribution in [0.15, 0.2) is 41.5 Å². The van der Waals surface area contributed by atoms with E-state index >= 15 is 0 Å². The Morgan fingerprint density at radius 1 is 1.45 bits per heavy atom. The SMILES string of the molecule is C=CCc1c(C(=O)OCC)ncc2[nH]c3ccc(Br)cc3c12. The van der Waals surface area contributed by atoms with E-state index < -0.39 is 5.97 Å². The number of aromatic amines is 1. The predicted octanol–water partition coefficient (Wildman–Crippen LogP) is 4.38. The highest BCUT2D eigenvalue weighted by Crippen LogP contribution is 2.32. The van der Waals surface area contributed by atoms with E-state index in [2.05, 4.69) is 32.5 Å². The van der Waals surface area contributed by atoms with Gasteiger partial charge in [-0.15, -0.1) is 6.58 Å². The van der Waals surface area contributed by atoms with Gasteiger partial charge >= 0.3 is 5.97 Å². The maximum absolute atomic E-state index is 12.2. The third-order valence-corrected chi connectivity index (χ3v) is 4.01. The van der Waals surface area contributed by atoms with E-state index in [1.807, 2.05) is 18.2 Å². The fourth-order valence-electron chi connectivity index (χ4n) is 2.65. The van der Waals surface area contributed by atoms with Crippen LogP contribution < -0.4 is 0 Å². The van der Waals surface area contributed by atoms with Gasteiger partial charge in [-0.05, 0) is 37.1 Å². The van der Waals surface area contributed by atoms with Crippen LogP contribution in [0.25, 0.3) is 21.8 Å². The van der Waals surface area contributed by atoms with E-state index in [-0.39, 0.29) is 0 Å². The second kappa shape index (κ2) is 5.93. The summed E-state index contributed by atoms with van der Waals surface area (Å²) in [4.78, 5) is 19.8. The molecule has 0 spiro atoms. The van der Waals surface area contributed by atoms with E-state index in [0.29, 0.717) is 18.7 Å². The number of benzene rings is 1. The van der Waals surface area contributed by atoms with Crippen molar-refractivity contribution in [1.82, 2.24) is 9.97 Å². The van der Waals surface area contributed by atoms with Crippen LogP contribution in [0.2, 0.25) is 0 Å². The fourth-order valence-corrected chi connectivity index (χ4v) is 3.01. The van der Waals surface area contributed by atoms with Gasteiger partial charge in [0.05, 0.1) is 18.3 Å². The van der Waals surface area contributed by atoms with Crippen LogP contribution in [0.4, 0.5) is 0 Å². The van der Waals surface area contributed by atoms with Crippen molar-refractivity contribution in [3.63, 3.8) is 0 Å². The number of ether oxygens (including phenoxy) is 1. The standard InChI is InChI=1S/C17H15BrN2O2/c1-3-5-11-15-12-8-10(18)6-7-13(12)20-14(15)9-19-16(11)17(21)22-4-2/h3,6-9,20H,1,4-5H2,2H3. The summed E-state index contributed by atoms with van der Waals surface area (Å²) in [7, 11) is 0. The molecule has 3 rings (SSSR count). The van der Waals surface area contributed by atoms with Gasteiger partial charge in [-0.25, -0.2) is 9.78 Å². The molecule has 0 radical (unpaired) electrons. The van der Waals surface area contributed by atoms with Gasteiger partial charge in [0, 0.05) is 20.8 Å². The first-order valence-corrected chi connectivity index (χ1v) is 7.81. The van der Waals surface area contributed by atoms with Crippen molar-refractivity contribution in [3.05, 3.63) is 52.8 Å². The highest BCUT2D eigenvalue weighted by Gasteiger charge is 2.19. The molecule has 0 atom stereocenters. The number of carbonyl (C=O) groups excluding carboxylic acids is 1. The maximum Gasteiger partial charge on any atom is 0.357 e. The number of allylic oxidation sites excluding steroid dienone is 1. The second-order valence-electron chi connectivity index (χ2n) is 4.90. The number of carbonyl (C=O) groups is 1. The molecule has 0 aliphatic rings. The molecule has 0 unspecified atom stereocenters. The third kappa shape index (κ3) is 2.41. The van der Waals surface area contributed by atoms with Crippen molar-refractivity contribution in [2.75, 3.05) is 6.61 Å². The minimum Gasteiger partial charge on any atom is -0.461 e. The Morgan fingerprint density at radius 2 is 2.27 bits per heavy atom. The lowest BCUT2D eigenvalue weighted by Crippen LogP contribution is -2.10. The molecule has 0 amide bonds. The van der Waals surface area contributed by atoms with E-state index in [1.165, 1.54) is 0 Å². The van der Waals surface area contributed by atoms with Crippen LogP contribution in [0.3, 0.4) is 0 Å². The quantitative estimate of drug-likeness (QED) is 0.556. The first-order chi connectivity index (χ1) is 10.7. The molecule has 1 N–H and O–H groups in total. The Hall–Kier alpha value is -2.14. The number of pyridine rings is 1. The Labute approximate surface area is 136 Å². The number of esters is 1. The van der Waals surface area contributed by atoms with Crippen molar-refractivity contribution in [1.29, 1.82) is 0 Å². The third-order valence-electron chi connectivity index (χ3n) is 3.52. The highest BCUT2D eigenvalue weighted by atomic mass is 79.9. The van der Waals surface area contributed by atoms with Crippen molar-refractivity contribution in [3.8, 4) is 0 Å². The van der Waals surface area contributed by atoms with Crippen LogP contribution in [-0.2, 0) is 11.2 Å². The van der Waals surface area contributed by atoms with E-state index in [1.54, 1.807) is 19.2 Å². The number of hydrogen-bond acceptors (Lipinski definition) is 3. The van der Waals surface area contributed by atoms with Gasteiger partial charge in [0.25, 0.3) is 0 Å². The normalized spacial score (nSPS) is 11.0. The topological polar surface area (TPSA) is 55.0 Å². The minimum atomic E-state index is -0.398. The summed E-state index contributed by atoms with van der Waals surface area (Å²) in [5.74, 6) is -0.398. The maximum atomic E-state index is 12.2. The molecule has 2 heterocycles. The highest BCUT2D eigenvalue weighted by molar-refractivity contribution is 9.10. The van der Waals surface area contributed by atoms with E-state index in [9.17, 15) is 4.79 Å². The Kier molecular flexibility index (Phi) is 3.98. The second-order valence-corrected chi connectivity index (χ2v) is 5.82. The largest absolute Gasteiger partial charge is 0.461 e. The number of nitrogens with one attached hydrogen (secondary N) is 1. The molecule has 0 aliphatic heterocycles. The molecule has 0 bridgehead atoms. The lowest BCUT2D eigenvalue weighted by Gasteiger charge is -2.08. The first-order valence-electron chi connectivity index (χ1n) is 7.02. The van der Waals surface area contributed by atoms with Crippen LogP contribution >= 0.6 is 15.9 Å². The summed E-state index contributed by atoms with van der Waals surface area (Å²) in [5, 5.41) is 2.04. The summed E-state index contributed by atoms with van der Waals surface area (Å²) >= 11 is 3.50. The van der Waals surface area contributed by atoms with Crippen molar-refractivity contribution in [2.24, 2.45) is 0 Å². The minimum absolute atomic E-state index is 0.325. The summed E-state index contributed by atoms with van der Waals surface area (Å²) in [5.41, 5.74) is 3.11. The molecular formula is C17H15BrN2O2. The summed E-state index contributed by atoms with van der Waals surface area (Å²) in [6, 6.07) is 6.02. The number of aromatic nitrogens is 2. The molecule has 0 saturated carbocycles. The first kappa shape index (κ1) is 14.8. The number of halogens is 1. The monoisotopic (exact) mass is 358 g/mol. The molecule has 1 aromatic carbocycles. The molecule has 0 aliphatic carbocycles. The van der Waals surface area contributed by atoms with Gasteiger partial charge in [-0.2, -0.15) is 0 Å². The molecule has 5 heteroatoms. The zero-order valence-electron chi connectivity index (χ0n) is 12.1. The molecule has 112 valence electrons. The Morgan fingerprint density at radius 3 is 3.00 bits per heavy atom. The van der Waals surface area contributed by atoms with Gasteiger partial charge in [-0.3, -0.25) is 0 Å². The summed E-state index contributed by atoms with van der Waals surface area (Å²) in [6.07, 6.45) is 4.01. The number of nitrogens with zero attached hydrogens (tertiary/aromatic N) is 1. The van der Waals surface area contributed by atoms with E-state index in [0.717, 1.165) is 31.8 Å². The summed E-state index contributed by atoms with van der Waals surface area (Å²) < 4.78 is 6.11. The predicted molar refractivity (Wildman–Crippen MR) is 91.2 cm³/mol. The molecule has 4 nitrogen and oxygen atoms in total. The Balaban J connectivity index is 2.36. The number of hydrogen-bond donors (Lipinski definition) is 1. The van der Waals surface area contributed by atoms with Crippen molar-refractivity contribution in [2.45, 2.75) is 13.3 Å². The smallest absolute Gasteiger partial charge is 0.357 e. The lowest BCUT2D eigenvalue weighted by molar-refractivity contribution is 0.0518. The van der Waals surface area contributed by atoms with Crippen molar-refractivity contribution >= 4 is 43.7 Å². The van der Waals surface area contributed by atoms with Gasteiger partial charge < -0.3 is 9.72 Å². The molecule has 3 aromatic rings. The average molecular weight is 359 g/mol. The zero-order valence-corrected chi connectivity index (χ0v) is 13.7. The van der Waals surface area contributed by atoms with Crippen LogP contribution in [-0.4, -0.2) is 22.5 Å². The number of fused-ring (bicyclic) bond motifs is 3. The molecule has 0 saturated heterocycles. The zero-order chi connectivity index (χ0) is 15.7. The van der Waals surface area contributed by atoms with Crippen LogP contribution in [0.5, 0.6) is 0 Å². The van der Waals surface area contributed by atoms with Crippen LogP contribution in [0, 0.1) is 0 Å².